The molecule has 1 unspecified atom stereocenters. The number of hydrogen-bond donors (Lipinski definition) is 1. The van der Waals surface area contributed by atoms with E-state index in [9.17, 15) is 9.59 Å². The van der Waals surface area contributed by atoms with Crippen molar-refractivity contribution in [3.05, 3.63) is 18.2 Å². The van der Waals surface area contributed by atoms with E-state index in [2.05, 4.69) is 5.32 Å². The largest absolute Gasteiger partial charge is 0.493 e. The summed E-state index contributed by atoms with van der Waals surface area (Å²) in [5.41, 5.74) is 0.621. The summed E-state index contributed by atoms with van der Waals surface area (Å²) in [5, 5.41) is 2.81. The van der Waals surface area contributed by atoms with Crippen LogP contribution in [0.4, 0.5) is 5.69 Å². The van der Waals surface area contributed by atoms with E-state index < -0.39 is 0 Å². The zero-order valence-electron chi connectivity index (χ0n) is 15.0. The maximum atomic E-state index is 12.2. The van der Waals surface area contributed by atoms with Gasteiger partial charge in [0.1, 0.15) is 0 Å². The van der Waals surface area contributed by atoms with Gasteiger partial charge in [-0.1, -0.05) is 0 Å². The molecule has 0 aromatic heterocycles. The van der Waals surface area contributed by atoms with Crippen LogP contribution in [0.2, 0.25) is 0 Å². The predicted molar refractivity (Wildman–Crippen MR) is 94.0 cm³/mol. The Morgan fingerprint density at radius 3 is 2.64 bits per heavy atom. The summed E-state index contributed by atoms with van der Waals surface area (Å²) < 4.78 is 16.0. The monoisotopic (exact) mass is 350 g/mol. The smallest absolute Gasteiger partial charge is 0.226 e. The van der Waals surface area contributed by atoms with Crippen molar-refractivity contribution in [3.63, 3.8) is 0 Å². The molecule has 1 aliphatic rings. The lowest BCUT2D eigenvalue weighted by molar-refractivity contribution is -0.130. The van der Waals surface area contributed by atoms with Crippen molar-refractivity contribution in [2.24, 2.45) is 0 Å². The second-order valence-corrected chi connectivity index (χ2v) is 5.97. The second kappa shape index (κ2) is 9.27. The molecular weight excluding hydrogens is 324 g/mol. The van der Waals surface area contributed by atoms with Gasteiger partial charge in [0.2, 0.25) is 11.8 Å². The van der Waals surface area contributed by atoms with Gasteiger partial charge in [0.05, 0.1) is 20.3 Å². The van der Waals surface area contributed by atoms with E-state index in [0.717, 1.165) is 19.4 Å². The number of ether oxygens (including phenoxy) is 3. The van der Waals surface area contributed by atoms with Crippen molar-refractivity contribution in [3.8, 4) is 11.5 Å². The summed E-state index contributed by atoms with van der Waals surface area (Å²) >= 11 is 0. The number of rotatable bonds is 8. The Labute approximate surface area is 148 Å². The highest BCUT2D eigenvalue weighted by Crippen LogP contribution is 2.29. The van der Waals surface area contributed by atoms with Crippen molar-refractivity contribution >= 4 is 17.5 Å². The molecule has 7 heteroatoms. The van der Waals surface area contributed by atoms with Crippen molar-refractivity contribution < 1.29 is 23.8 Å². The molecule has 1 fully saturated rings. The second-order valence-electron chi connectivity index (χ2n) is 5.97. The van der Waals surface area contributed by atoms with Gasteiger partial charge in [-0.25, -0.2) is 0 Å². The van der Waals surface area contributed by atoms with E-state index in [1.54, 1.807) is 37.3 Å². The van der Waals surface area contributed by atoms with Crippen LogP contribution in [-0.4, -0.2) is 56.7 Å². The molecule has 0 aliphatic carbocycles. The first-order valence-corrected chi connectivity index (χ1v) is 8.42. The van der Waals surface area contributed by atoms with Crippen LogP contribution in [0.1, 0.15) is 26.2 Å². The summed E-state index contributed by atoms with van der Waals surface area (Å²) in [6, 6.07) is 5.17. The number of benzene rings is 1. The molecule has 1 saturated heterocycles. The van der Waals surface area contributed by atoms with Gasteiger partial charge in [-0.05, 0) is 25.0 Å². The lowest BCUT2D eigenvalue weighted by atomic mass is 10.2. The number of nitrogens with one attached hydrogen (secondary N) is 1. The van der Waals surface area contributed by atoms with Crippen molar-refractivity contribution in [2.75, 3.05) is 39.2 Å². The molecule has 1 atom stereocenters. The Hall–Kier alpha value is -2.28. The molecule has 1 aliphatic heterocycles. The first kappa shape index (κ1) is 19.1. The van der Waals surface area contributed by atoms with Gasteiger partial charge in [-0.3, -0.25) is 9.59 Å². The minimum atomic E-state index is -0.161. The number of methoxy groups -OCH3 is 2. The molecule has 138 valence electrons. The van der Waals surface area contributed by atoms with Gasteiger partial charge >= 0.3 is 0 Å². The van der Waals surface area contributed by atoms with Crippen molar-refractivity contribution in [1.82, 2.24) is 4.90 Å². The lowest BCUT2D eigenvalue weighted by Gasteiger charge is -2.24. The van der Waals surface area contributed by atoms with Gasteiger partial charge in [-0.2, -0.15) is 0 Å². The Balaban J connectivity index is 1.87. The molecule has 1 N–H and O–H groups in total. The fourth-order valence-electron chi connectivity index (χ4n) is 2.79. The lowest BCUT2D eigenvalue weighted by Crippen LogP contribution is -2.37. The average molecular weight is 350 g/mol. The van der Waals surface area contributed by atoms with E-state index in [1.165, 1.54) is 6.92 Å². The molecule has 25 heavy (non-hydrogen) atoms. The highest BCUT2D eigenvalue weighted by Gasteiger charge is 2.21. The molecule has 0 bridgehead atoms. The molecular formula is C18H26N2O5. The van der Waals surface area contributed by atoms with Crippen LogP contribution < -0.4 is 14.8 Å². The van der Waals surface area contributed by atoms with Crippen LogP contribution >= 0.6 is 0 Å². The van der Waals surface area contributed by atoms with Gasteiger partial charge in [-0.15, -0.1) is 0 Å². The fourth-order valence-corrected chi connectivity index (χ4v) is 2.79. The molecule has 2 rings (SSSR count). The summed E-state index contributed by atoms with van der Waals surface area (Å²) in [7, 11) is 3.10. The van der Waals surface area contributed by atoms with Crippen molar-refractivity contribution in [1.29, 1.82) is 0 Å². The third-order valence-electron chi connectivity index (χ3n) is 4.17. The Kier molecular flexibility index (Phi) is 7.06. The van der Waals surface area contributed by atoms with E-state index in [4.69, 9.17) is 14.2 Å². The van der Waals surface area contributed by atoms with Gasteiger partial charge in [0, 0.05) is 44.8 Å². The van der Waals surface area contributed by atoms with Crippen molar-refractivity contribution in [2.45, 2.75) is 32.3 Å². The van der Waals surface area contributed by atoms with Gasteiger partial charge in [0.15, 0.2) is 11.5 Å². The summed E-state index contributed by atoms with van der Waals surface area (Å²) in [6.45, 7) is 3.17. The first-order chi connectivity index (χ1) is 12.0. The quantitative estimate of drug-likeness (QED) is 0.776. The summed E-state index contributed by atoms with van der Waals surface area (Å²) in [6.07, 6.45) is 2.29. The van der Waals surface area contributed by atoms with Gasteiger partial charge < -0.3 is 24.4 Å². The first-order valence-electron chi connectivity index (χ1n) is 8.42. The zero-order valence-corrected chi connectivity index (χ0v) is 15.0. The highest BCUT2D eigenvalue weighted by molar-refractivity contribution is 5.91. The number of anilines is 1. The molecule has 1 aromatic rings. The fraction of sp³-hybridized carbons (Fsp3) is 0.556. The summed E-state index contributed by atoms with van der Waals surface area (Å²) in [4.78, 5) is 25.6. The normalized spacial score (nSPS) is 16.4. The standard InChI is InChI=1S/C18H26N2O5/c1-13(21)20(12-15-5-4-10-25-15)9-8-18(22)19-14-6-7-16(23-2)17(11-14)24-3/h6-7,11,15H,4-5,8-10,12H2,1-3H3,(H,19,22). The minimum absolute atomic E-state index is 0.0468. The Bertz CT molecular complexity index is 599. The number of nitrogens with zero attached hydrogens (tertiary/aromatic N) is 1. The number of amides is 2. The maximum Gasteiger partial charge on any atom is 0.226 e. The predicted octanol–water partition coefficient (Wildman–Crippen LogP) is 2.06. The minimum Gasteiger partial charge on any atom is -0.493 e. The third kappa shape index (κ3) is 5.63. The van der Waals surface area contributed by atoms with Crippen LogP contribution in [0.25, 0.3) is 0 Å². The van der Waals surface area contributed by atoms with E-state index in [1.807, 2.05) is 0 Å². The number of carbonyl (C=O) groups is 2. The molecule has 2 amide bonds. The Morgan fingerprint density at radius 1 is 1.28 bits per heavy atom. The highest BCUT2D eigenvalue weighted by atomic mass is 16.5. The van der Waals surface area contributed by atoms with E-state index >= 15 is 0 Å². The zero-order chi connectivity index (χ0) is 18.2. The molecule has 0 radical (unpaired) electrons. The van der Waals surface area contributed by atoms with E-state index in [0.29, 0.717) is 30.3 Å². The molecule has 0 spiro atoms. The topological polar surface area (TPSA) is 77.1 Å². The van der Waals surface area contributed by atoms with E-state index in [-0.39, 0.29) is 24.3 Å². The molecule has 1 heterocycles. The number of hydrogen-bond acceptors (Lipinski definition) is 5. The molecule has 7 nitrogen and oxygen atoms in total. The van der Waals surface area contributed by atoms with Crippen LogP contribution in [0.3, 0.4) is 0 Å². The molecule has 0 saturated carbocycles. The average Bonchev–Trinajstić information content (AvgIpc) is 3.11. The van der Waals surface area contributed by atoms with Crippen LogP contribution in [-0.2, 0) is 14.3 Å². The Morgan fingerprint density at radius 2 is 2.04 bits per heavy atom. The maximum absolute atomic E-state index is 12.2. The molecule has 1 aromatic carbocycles. The SMILES string of the molecule is COc1ccc(NC(=O)CCN(CC2CCCO2)C(C)=O)cc1OC. The van der Waals surface area contributed by atoms with Crippen LogP contribution in [0, 0.1) is 0 Å². The summed E-state index contributed by atoms with van der Waals surface area (Å²) in [5.74, 6) is 0.934. The number of carbonyl (C=O) groups excluding carboxylic acids is 2. The van der Waals surface area contributed by atoms with Crippen LogP contribution in [0.15, 0.2) is 18.2 Å². The van der Waals surface area contributed by atoms with Crippen LogP contribution in [0.5, 0.6) is 11.5 Å². The third-order valence-corrected chi connectivity index (χ3v) is 4.17. The van der Waals surface area contributed by atoms with Gasteiger partial charge in [0.25, 0.3) is 0 Å².